The van der Waals surface area contributed by atoms with Gasteiger partial charge in [-0.05, 0) is 56.7 Å². The predicted octanol–water partition coefficient (Wildman–Crippen LogP) is 4.78. The minimum atomic E-state index is -1.10. The van der Waals surface area contributed by atoms with Crippen molar-refractivity contribution in [2.24, 2.45) is 0 Å². The molecule has 0 unspecified atom stereocenters. The van der Waals surface area contributed by atoms with Crippen LogP contribution in [0.2, 0.25) is 0 Å². The number of amides is 2. The fraction of sp³-hybridized carbons (Fsp3) is 0.208. The van der Waals surface area contributed by atoms with Crippen LogP contribution in [-0.4, -0.2) is 32.7 Å². The Labute approximate surface area is 181 Å². The minimum Gasteiger partial charge on any atom is -0.465 e. The molecule has 3 aromatic rings. The highest BCUT2D eigenvalue weighted by Gasteiger charge is 2.29. The Morgan fingerprint density at radius 1 is 1.00 bits per heavy atom. The molecular weight excluding hydrogens is 394 g/mol. The lowest BCUT2D eigenvalue weighted by molar-refractivity contribution is 0.102. The van der Waals surface area contributed by atoms with Crippen LogP contribution >= 0.6 is 0 Å². The van der Waals surface area contributed by atoms with Crippen molar-refractivity contribution in [1.29, 1.82) is 0 Å². The molecule has 0 aliphatic carbocycles. The van der Waals surface area contributed by atoms with Gasteiger partial charge in [-0.3, -0.25) is 14.7 Å². The number of aliphatic hydroxyl groups is 1. The summed E-state index contributed by atoms with van der Waals surface area (Å²) in [6, 6.07) is 17.4. The minimum absolute atomic E-state index is 0.0671. The summed E-state index contributed by atoms with van der Waals surface area (Å²) in [7, 11) is 0. The zero-order chi connectivity index (χ0) is 22.6. The van der Waals surface area contributed by atoms with Crippen LogP contribution < -0.4 is 10.2 Å². The quantitative estimate of drug-likeness (QED) is 0.552. The van der Waals surface area contributed by atoms with Crippen molar-refractivity contribution >= 4 is 23.4 Å². The van der Waals surface area contributed by atoms with Crippen LogP contribution in [0.1, 0.15) is 36.7 Å². The van der Waals surface area contributed by atoms with Gasteiger partial charge in [0.25, 0.3) is 5.91 Å². The summed E-state index contributed by atoms with van der Waals surface area (Å²) >= 11 is 0. The first kappa shape index (κ1) is 22.0. The van der Waals surface area contributed by atoms with E-state index in [1.807, 2.05) is 6.07 Å². The van der Waals surface area contributed by atoms with Gasteiger partial charge in [-0.15, -0.1) is 0 Å². The zero-order valence-electron chi connectivity index (χ0n) is 17.7. The van der Waals surface area contributed by atoms with E-state index in [1.165, 1.54) is 4.90 Å². The number of para-hydroxylation sites is 2. The molecule has 0 bridgehead atoms. The van der Waals surface area contributed by atoms with Gasteiger partial charge in [-0.25, -0.2) is 4.79 Å². The molecule has 3 N–H and O–H groups in total. The van der Waals surface area contributed by atoms with Gasteiger partial charge in [-0.2, -0.15) is 0 Å². The van der Waals surface area contributed by atoms with E-state index in [0.717, 1.165) is 16.8 Å². The lowest BCUT2D eigenvalue weighted by Gasteiger charge is -2.34. The number of pyridine rings is 1. The molecule has 1 aromatic heterocycles. The van der Waals surface area contributed by atoms with Crippen LogP contribution in [0.4, 0.5) is 16.2 Å². The fourth-order valence-corrected chi connectivity index (χ4v) is 3.20. The van der Waals surface area contributed by atoms with Crippen molar-refractivity contribution in [3.05, 3.63) is 78.0 Å². The van der Waals surface area contributed by atoms with Gasteiger partial charge in [-0.1, -0.05) is 30.3 Å². The average Bonchev–Trinajstić information content (AvgIpc) is 2.74. The normalized spacial score (nSPS) is 11.1. The van der Waals surface area contributed by atoms with E-state index in [0.29, 0.717) is 16.9 Å². The SMILES string of the molecule is CC(C)(C)N(C(=O)O)c1ccccc1NC(=O)c1ccc(-c2ccc(CO)cn2)cc1. The number of carbonyl (C=O) groups is 2. The molecule has 0 aliphatic heterocycles. The number of aromatic nitrogens is 1. The zero-order valence-corrected chi connectivity index (χ0v) is 17.7. The maximum atomic E-state index is 12.8. The third-order valence-corrected chi connectivity index (χ3v) is 4.71. The highest BCUT2D eigenvalue weighted by molar-refractivity contribution is 6.07. The molecule has 2 amide bonds. The summed E-state index contributed by atoms with van der Waals surface area (Å²) in [6.45, 7) is 5.31. The molecule has 0 atom stereocenters. The lowest BCUT2D eigenvalue weighted by Crippen LogP contribution is -2.45. The van der Waals surface area contributed by atoms with Gasteiger partial charge < -0.3 is 15.5 Å². The fourth-order valence-electron chi connectivity index (χ4n) is 3.20. The maximum Gasteiger partial charge on any atom is 0.412 e. The number of hydrogen-bond acceptors (Lipinski definition) is 4. The lowest BCUT2D eigenvalue weighted by atomic mass is 10.0. The third-order valence-electron chi connectivity index (χ3n) is 4.71. The largest absolute Gasteiger partial charge is 0.465 e. The van der Waals surface area contributed by atoms with E-state index in [2.05, 4.69) is 10.3 Å². The van der Waals surface area contributed by atoms with Crippen molar-refractivity contribution in [2.75, 3.05) is 10.2 Å². The summed E-state index contributed by atoms with van der Waals surface area (Å²) < 4.78 is 0. The number of carbonyl (C=O) groups excluding carboxylic acids is 1. The number of hydrogen-bond donors (Lipinski definition) is 3. The van der Waals surface area contributed by atoms with Gasteiger partial charge >= 0.3 is 6.09 Å². The van der Waals surface area contributed by atoms with Crippen molar-refractivity contribution in [2.45, 2.75) is 32.9 Å². The summed E-state index contributed by atoms with van der Waals surface area (Å²) in [6.07, 6.45) is 0.509. The molecule has 2 aromatic carbocycles. The molecule has 7 heteroatoms. The van der Waals surface area contributed by atoms with Crippen LogP contribution in [0, 0.1) is 0 Å². The first-order valence-corrected chi connectivity index (χ1v) is 9.80. The van der Waals surface area contributed by atoms with Crippen LogP contribution in [0.25, 0.3) is 11.3 Å². The third kappa shape index (κ3) is 5.07. The van der Waals surface area contributed by atoms with Crippen LogP contribution in [0.5, 0.6) is 0 Å². The van der Waals surface area contributed by atoms with Crippen molar-refractivity contribution in [3.63, 3.8) is 0 Å². The monoisotopic (exact) mass is 419 g/mol. The first-order valence-electron chi connectivity index (χ1n) is 9.80. The molecule has 0 radical (unpaired) electrons. The smallest absolute Gasteiger partial charge is 0.412 e. The average molecular weight is 419 g/mol. The molecular formula is C24H25N3O4. The van der Waals surface area contributed by atoms with Gasteiger partial charge in [0.2, 0.25) is 0 Å². The molecule has 160 valence electrons. The summed E-state index contributed by atoms with van der Waals surface area (Å²) in [5.74, 6) is -0.346. The second-order valence-electron chi connectivity index (χ2n) is 8.05. The molecule has 3 rings (SSSR count). The topological polar surface area (TPSA) is 103 Å². The predicted molar refractivity (Wildman–Crippen MR) is 120 cm³/mol. The number of nitrogens with zero attached hydrogens (tertiary/aromatic N) is 2. The Morgan fingerprint density at radius 3 is 2.23 bits per heavy atom. The van der Waals surface area contributed by atoms with E-state index in [1.54, 1.807) is 81.6 Å². The van der Waals surface area contributed by atoms with E-state index in [-0.39, 0.29) is 12.5 Å². The van der Waals surface area contributed by atoms with Crippen molar-refractivity contribution in [1.82, 2.24) is 4.98 Å². The highest BCUT2D eigenvalue weighted by Crippen LogP contribution is 2.31. The summed E-state index contributed by atoms with van der Waals surface area (Å²) in [5.41, 5.74) is 2.86. The molecule has 0 saturated heterocycles. The number of anilines is 2. The van der Waals surface area contributed by atoms with Crippen LogP contribution in [-0.2, 0) is 6.61 Å². The number of benzene rings is 2. The number of carboxylic acid groups (broad SMARTS) is 1. The Balaban J connectivity index is 1.83. The molecule has 7 nitrogen and oxygen atoms in total. The maximum absolute atomic E-state index is 12.8. The molecule has 0 aliphatic rings. The second-order valence-corrected chi connectivity index (χ2v) is 8.05. The molecule has 0 saturated carbocycles. The Bertz CT molecular complexity index is 1070. The Hall–Kier alpha value is -3.71. The number of rotatable bonds is 5. The molecule has 1 heterocycles. The molecule has 0 spiro atoms. The van der Waals surface area contributed by atoms with Crippen molar-refractivity contribution < 1.29 is 19.8 Å². The number of nitrogens with one attached hydrogen (secondary N) is 1. The summed E-state index contributed by atoms with van der Waals surface area (Å²) in [5, 5.41) is 21.7. The second kappa shape index (κ2) is 8.97. The standard InChI is InChI=1S/C24H25N3O4/c1-24(2,3)27(23(30)31)21-7-5-4-6-20(21)26-22(29)18-11-9-17(10-12-18)19-13-8-16(15-28)14-25-19/h4-14,28H,15H2,1-3H3,(H,26,29)(H,30,31). The molecule has 0 fully saturated rings. The van der Waals surface area contributed by atoms with Gasteiger partial charge in [0, 0.05) is 22.9 Å². The highest BCUT2D eigenvalue weighted by atomic mass is 16.4. The Kier molecular flexibility index (Phi) is 6.36. The van der Waals surface area contributed by atoms with Crippen LogP contribution in [0.3, 0.4) is 0 Å². The van der Waals surface area contributed by atoms with Gasteiger partial charge in [0.15, 0.2) is 0 Å². The number of aliphatic hydroxyl groups excluding tert-OH is 1. The van der Waals surface area contributed by atoms with E-state index >= 15 is 0 Å². The van der Waals surface area contributed by atoms with Gasteiger partial charge in [0.05, 0.1) is 23.7 Å². The van der Waals surface area contributed by atoms with Crippen molar-refractivity contribution in [3.8, 4) is 11.3 Å². The molecule has 31 heavy (non-hydrogen) atoms. The van der Waals surface area contributed by atoms with Gasteiger partial charge in [0.1, 0.15) is 0 Å². The first-order chi connectivity index (χ1) is 14.7. The van der Waals surface area contributed by atoms with E-state index in [4.69, 9.17) is 5.11 Å². The van der Waals surface area contributed by atoms with E-state index < -0.39 is 11.6 Å². The van der Waals surface area contributed by atoms with E-state index in [9.17, 15) is 14.7 Å². The van der Waals surface area contributed by atoms with Crippen LogP contribution in [0.15, 0.2) is 66.9 Å². The summed E-state index contributed by atoms with van der Waals surface area (Å²) in [4.78, 5) is 30.2. The Morgan fingerprint density at radius 2 is 1.68 bits per heavy atom.